The van der Waals surface area contributed by atoms with Crippen molar-refractivity contribution in [3.05, 3.63) is 0 Å². The number of epoxide rings is 1. The minimum atomic E-state index is 0.580. The van der Waals surface area contributed by atoms with Gasteiger partial charge in [-0.3, -0.25) is 10.2 Å². The highest BCUT2D eigenvalue weighted by Gasteiger charge is 2.36. The summed E-state index contributed by atoms with van der Waals surface area (Å²) in [5.41, 5.74) is 0. The van der Waals surface area contributed by atoms with Crippen LogP contribution in [-0.4, -0.2) is 41.4 Å². The Morgan fingerprint density at radius 2 is 1.50 bits per heavy atom. The van der Waals surface area contributed by atoms with Gasteiger partial charge in [0.05, 0.1) is 25.3 Å². The third-order valence-corrected chi connectivity index (χ3v) is 5.32. The maximum atomic E-state index is 9.53. The number of unbranched alkanes of at least 4 members (excludes halogenated alkanes) is 9. The molecule has 4 heteroatoms. The van der Waals surface area contributed by atoms with Crippen molar-refractivity contribution in [2.24, 2.45) is 4.99 Å². The smallest absolute Gasteiger partial charge is 0.123 e. The molecule has 1 fully saturated rings. The molecule has 140 valence electrons. The van der Waals surface area contributed by atoms with Gasteiger partial charge in [0.2, 0.25) is 0 Å². The topological polar surface area (TPSA) is 48.4 Å². The quantitative estimate of drug-likeness (QED) is 0.324. The summed E-state index contributed by atoms with van der Waals surface area (Å²) in [5, 5.41) is 10.8. The van der Waals surface area contributed by atoms with E-state index in [1.807, 2.05) is 0 Å². The van der Waals surface area contributed by atoms with E-state index < -0.39 is 0 Å². The number of aliphatic imine (C=N–C) groups is 1. The molecule has 4 nitrogen and oxygen atoms in total. The first kappa shape index (κ1) is 19.7. The van der Waals surface area contributed by atoms with E-state index in [1.165, 1.54) is 82.1 Å². The lowest BCUT2D eigenvalue weighted by molar-refractivity contribution is -0.00500. The molecular formula is C20H38N2O2. The highest BCUT2D eigenvalue weighted by molar-refractivity contribution is 5.82. The van der Waals surface area contributed by atoms with E-state index in [4.69, 9.17) is 4.74 Å². The Morgan fingerprint density at radius 3 is 2.08 bits per heavy atom. The maximum Gasteiger partial charge on any atom is 0.123 e. The van der Waals surface area contributed by atoms with Crippen LogP contribution in [0, 0.1) is 0 Å². The molecular weight excluding hydrogens is 300 g/mol. The second kappa shape index (κ2) is 11.9. The summed E-state index contributed by atoms with van der Waals surface area (Å²) in [6.45, 7) is 3.71. The molecule has 2 heterocycles. The van der Waals surface area contributed by atoms with Crippen LogP contribution < -0.4 is 0 Å². The lowest BCUT2D eigenvalue weighted by Crippen LogP contribution is -2.23. The number of hydrogen-bond donors (Lipinski definition) is 1. The van der Waals surface area contributed by atoms with Crippen LogP contribution in [0.15, 0.2) is 4.99 Å². The van der Waals surface area contributed by atoms with Gasteiger partial charge in [-0.25, -0.2) is 5.06 Å². The third-order valence-electron chi connectivity index (χ3n) is 5.32. The molecule has 0 amide bonds. The van der Waals surface area contributed by atoms with E-state index in [2.05, 4.69) is 11.9 Å². The van der Waals surface area contributed by atoms with Crippen molar-refractivity contribution in [1.82, 2.24) is 5.06 Å². The van der Waals surface area contributed by atoms with Crippen LogP contribution in [0.25, 0.3) is 0 Å². The van der Waals surface area contributed by atoms with Gasteiger partial charge in [-0.15, -0.1) is 0 Å². The van der Waals surface area contributed by atoms with Crippen LogP contribution in [0.3, 0.4) is 0 Å². The summed E-state index contributed by atoms with van der Waals surface area (Å²) in [6, 6.07) is 0. The number of hydroxylamine groups is 2. The molecule has 1 saturated heterocycles. The maximum absolute atomic E-state index is 9.53. The highest BCUT2D eigenvalue weighted by atomic mass is 16.6. The molecule has 0 aromatic heterocycles. The summed E-state index contributed by atoms with van der Waals surface area (Å²) in [6.07, 6.45) is 19.3. The molecule has 2 aliphatic rings. The van der Waals surface area contributed by atoms with Gasteiger partial charge in [0.25, 0.3) is 0 Å². The first-order chi connectivity index (χ1) is 11.8. The summed E-state index contributed by atoms with van der Waals surface area (Å²) < 4.78 is 5.80. The Labute approximate surface area is 148 Å². The molecule has 0 bridgehead atoms. The van der Waals surface area contributed by atoms with Crippen molar-refractivity contribution >= 4 is 5.84 Å². The van der Waals surface area contributed by atoms with Crippen molar-refractivity contribution in [3.8, 4) is 0 Å². The van der Waals surface area contributed by atoms with Gasteiger partial charge < -0.3 is 4.74 Å². The summed E-state index contributed by atoms with van der Waals surface area (Å²) in [4.78, 5) is 4.31. The van der Waals surface area contributed by atoms with Crippen molar-refractivity contribution < 1.29 is 9.94 Å². The molecule has 0 aromatic rings. The Kier molecular flexibility index (Phi) is 9.74. The molecule has 2 unspecified atom stereocenters. The van der Waals surface area contributed by atoms with Crippen molar-refractivity contribution in [3.63, 3.8) is 0 Å². The fourth-order valence-corrected chi connectivity index (χ4v) is 3.66. The Hall–Kier alpha value is -0.610. The van der Waals surface area contributed by atoms with E-state index in [1.54, 1.807) is 0 Å². The van der Waals surface area contributed by atoms with E-state index in [0.29, 0.717) is 18.8 Å². The van der Waals surface area contributed by atoms with Crippen molar-refractivity contribution in [2.45, 2.75) is 109 Å². The number of ether oxygens (including phenoxy) is 1. The van der Waals surface area contributed by atoms with Gasteiger partial charge in [0.15, 0.2) is 0 Å². The number of nitrogens with zero attached hydrogens (tertiary/aromatic N) is 2. The van der Waals surface area contributed by atoms with Crippen LogP contribution in [0.2, 0.25) is 0 Å². The number of rotatable bonds is 15. The molecule has 24 heavy (non-hydrogen) atoms. The van der Waals surface area contributed by atoms with Gasteiger partial charge in [0, 0.05) is 6.42 Å². The first-order valence-electron chi connectivity index (χ1n) is 10.5. The average Bonchev–Trinajstić information content (AvgIpc) is 3.21. The standard InChI is InChI=1S/C20H38N2O2/c1-2-3-4-5-7-10-13-18-19(24-18)14-11-8-6-9-12-15-20-21-16-17-22(20)23/h18-19,23H,2-17H2,1H3. The zero-order valence-electron chi connectivity index (χ0n) is 15.7. The van der Waals surface area contributed by atoms with Crippen LogP contribution in [-0.2, 0) is 4.74 Å². The minimum Gasteiger partial charge on any atom is -0.370 e. The van der Waals surface area contributed by atoms with E-state index in [9.17, 15) is 5.21 Å². The Balaban J connectivity index is 1.31. The van der Waals surface area contributed by atoms with Gasteiger partial charge in [-0.1, -0.05) is 71.1 Å². The van der Waals surface area contributed by atoms with Crippen molar-refractivity contribution in [1.29, 1.82) is 0 Å². The molecule has 2 rings (SSSR count). The molecule has 2 atom stereocenters. The van der Waals surface area contributed by atoms with Crippen LogP contribution in [0.1, 0.15) is 96.8 Å². The summed E-state index contributed by atoms with van der Waals surface area (Å²) in [7, 11) is 0. The molecule has 0 saturated carbocycles. The summed E-state index contributed by atoms with van der Waals surface area (Å²) >= 11 is 0. The van der Waals surface area contributed by atoms with E-state index in [0.717, 1.165) is 25.2 Å². The van der Waals surface area contributed by atoms with Crippen LogP contribution in [0.5, 0.6) is 0 Å². The van der Waals surface area contributed by atoms with Gasteiger partial charge in [-0.2, -0.15) is 0 Å². The predicted octanol–water partition coefficient (Wildman–Crippen LogP) is 5.34. The normalized spacial score (nSPS) is 22.9. The van der Waals surface area contributed by atoms with Crippen LogP contribution >= 0.6 is 0 Å². The third kappa shape index (κ3) is 7.98. The fourth-order valence-electron chi connectivity index (χ4n) is 3.66. The van der Waals surface area contributed by atoms with Crippen molar-refractivity contribution in [2.75, 3.05) is 13.1 Å². The first-order valence-corrected chi connectivity index (χ1v) is 10.5. The Bertz CT molecular complexity index is 360. The molecule has 1 N–H and O–H groups in total. The zero-order chi connectivity index (χ0) is 17.0. The van der Waals surface area contributed by atoms with E-state index in [-0.39, 0.29) is 0 Å². The monoisotopic (exact) mass is 338 g/mol. The van der Waals surface area contributed by atoms with E-state index >= 15 is 0 Å². The number of hydrogen-bond acceptors (Lipinski definition) is 4. The lowest BCUT2D eigenvalue weighted by atomic mass is 10.0. The summed E-state index contributed by atoms with van der Waals surface area (Å²) in [5.74, 6) is 0.888. The highest BCUT2D eigenvalue weighted by Crippen LogP contribution is 2.31. The predicted molar refractivity (Wildman–Crippen MR) is 99.8 cm³/mol. The van der Waals surface area contributed by atoms with Gasteiger partial charge in [0.1, 0.15) is 5.84 Å². The molecule has 2 aliphatic heterocycles. The minimum absolute atomic E-state index is 0.580. The molecule has 0 radical (unpaired) electrons. The fraction of sp³-hybridized carbons (Fsp3) is 0.950. The average molecular weight is 339 g/mol. The SMILES string of the molecule is CCCCCCCCC1OC1CCCCCCCC1=NCCN1O. The lowest BCUT2D eigenvalue weighted by Gasteiger charge is -2.10. The Morgan fingerprint density at radius 1 is 0.917 bits per heavy atom. The van der Waals surface area contributed by atoms with Crippen LogP contribution in [0.4, 0.5) is 0 Å². The second-order valence-corrected chi connectivity index (χ2v) is 7.50. The molecule has 0 aliphatic carbocycles. The van der Waals surface area contributed by atoms with Gasteiger partial charge >= 0.3 is 0 Å². The second-order valence-electron chi connectivity index (χ2n) is 7.50. The van der Waals surface area contributed by atoms with Gasteiger partial charge in [-0.05, 0) is 19.3 Å². The molecule has 0 aromatic carbocycles. The largest absolute Gasteiger partial charge is 0.370 e. The number of amidine groups is 1. The zero-order valence-corrected chi connectivity index (χ0v) is 15.7. The molecule has 0 spiro atoms.